The zero-order valence-corrected chi connectivity index (χ0v) is 9.61. The molecule has 1 unspecified atom stereocenters. The van der Waals surface area contributed by atoms with Crippen LogP contribution in [0.4, 0.5) is 0 Å². The smallest absolute Gasteiger partial charge is 0.0522 e. The Kier molecular flexibility index (Phi) is 5.36. The second kappa shape index (κ2) is 6.58. The third kappa shape index (κ3) is 4.95. The summed E-state index contributed by atoms with van der Waals surface area (Å²) >= 11 is 0. The van der Waals surface area contributed by atoms with Crippen LogP contribution < -0.4 is 5.32 Å². The van der Waals surface area contributed by atoms with Crippen molar-refractivity contribution in [2.24, 2.45) is 7.05 Å². The first-order valence-corrected chi connectivity index (χ1v) is 5.54. The molecule has 4 nitrogen and oxygen atoms in total. The Bertz CT molecular complexity index is 273. The Labute approximate surface area is 91.3 Å². The molecule has 86 valence electrons. The first-order chi connectivity index (χ1) is 7.22. The topological polar surface area (TPSA) is 50.1 Å². The van der Waals surface area contributed by atoms with Gasteiger partial charge in [-0.05, 0) is 38.3 Å². The number of nitrogens with one attached hydrogen (secondary N) is 1. The first-order valence-electron chi connectivity index (χ1n) is 5.54. The molecule has 1 atom stereocenters. The number of aliphatic hydroxyl groups is 1. The summed E-state index contributed by atoms with van der Waals surface area (Å²) in [6, 6.07) is 0.480. The molecule has 0 spiro atoms. The monoisotopic (exact) mass is 211 g/mol. The standard InChI is InChI=1S/C11H21N3O/c1-10(4-3-7-15)12-6-5-11-8-13-14(2)9-11/h8-10,12,15H,3-7H2,1-2H3. The van der Waals surface area contributed by atoms with E-state index in [0.717, 1.165) is 25.8 Å². The quantitative estimate of drug-likeness (QED) is 0.698. The number of aromatic nitrogens is 2. The lowest BCUT2D eigenvalue weighted by Crippen LogP contribution is -2.28. The molecule has 0 aliphatic rings. The van der Waals surface area contributed by atoms with E-state index in [0.29, 0.717) is 6.04 Å². The lowest BCUT2D eigenvalue weighted by Gasteiger charge is -2.12. The number of nitrogens with zero attached hydrogens (tertiary/aromatic N) is 2. The average molecular weight is 211 g/mol. The number of hydrogen-bond acceptors (Lipinski definition) is 3. The zero-order chi connectivity index (χ0) is 11.1. The van der Waals surface area contributed by atoms with Gasteiger partial charge in [0, 0.05) is 25.9 Å². The first kappa shape index (κ1) is 12.2. The van der Waals surface area contributed by atoms with Crippen LogP contribution >= 0.6 is 0 Å². The average Bonchev–Trinajstić information content (AvgIpc) is 2.61. The van der Waals surface area contributed by atoms with E-state index >= 15 is 0 Å². The molecule has 2 N–H and O–H groups in total. The van der Waals surface area contributed by atoms with Crippen LogP contribution in [0.15, 0.2) is 12.4 Å². The molecule has 0 bridgehead atoms. The molecule has 0 aromatic carbocycles. The molecule has 0 amide bonds. The Morgan fingerprint density at radius 2 is 2.40 bits per heavy atom. The summed E-state index contributed by atoms with van der Waals surface area (Å²) in [5.41, 5.74) is 1.26. The Morgan fingerprint density at radius 1 is 1.60 bits per heavy atom. The van der Waals surface area contributed by atoms with Gasteiger partial charge in [0.05, 0.1) is 6.20 Å². The summed E-state index contributed by atoms with van der Waals surface area (Å²) in [7, 11) is 1.93. The van der Waals surface area contributed by atoms with Crippen molar-refractivity contribution in [1.82, 2.24) is 15.1 Å². The normalized spacial score (nSPS) is 13.0. The molecule has 0 fully saturated rings. The minimum Gasteiger partial charge on any atom is -0.396 e. The fraction of sp³-hybridized carbons (Fsp3) is 0.727. The number of aryl methyl sites for hydroxylation is 1. The molecule has 15 heavy (non-hydrogen) atoms. The molecule has 1 aromatic rings. The van der Waals surface area contributed by atoms with Crippen LogP contribution in [0.25, 0.3) is 0 Å². The van der Waals surface area contributed by atoms with Crippen molar-refractivity contribution >= 4 is 0 Å². The lowest BCUT2D eigenvalue weighted by molar-refractivity contribution is 0.276. The van der Waals surface area contributed by atoms with Gasteiger partial charge in [-0.15, -0.1) is 0 Å². The van der Waals surface area contributed by atoms with Crippen molar-refractivity contribution in [1.29, 1.82) is 0 Å². The summed E-state index contributed by atoms with van der Waals surface area (Å²) in [6.07, 6.45) is 6.86. The van der Waals surface area contributed by atoms with Crippen LogP contribution in [0.5, 0.6) is 0 Å². The molecule has 1 heterocycles. The van der Waals surface area contributed by atoms with Gasteiger partial charge in [-0.25, -0.2) is 0 Å². The summed E-state index contributed by atoms with van der Waals surface area (Å²) in [5, 5.41) is 16.2. The number of aliphatic hydroxyl groups excluding tert-OH is 1. The highest BCUT2D eigenvalue weighted by Crippen LogP contribution is 1.98. The SMILES string of the molecule is CC(CCCO)NCCc1cnn(C)c1. The van der Waals surface area contributed by atoms with E-state index in [1.165, 1.54) is 5.56 Å². The highest BCUT2D eigenvalue weighted by Gasteiger charge is 2.01. The molecule has 4 heteroatoms. The Balaban J connectivity index is 2.10. The molecule has 0 saturated heterocycles. The van der Waals surface area contributed by atoms with Gasteiger partial charge in [-0.3, -0.25) is 4.68 Å². The lowest BCUT2D eigenvalue weighted by atomic mass is 10.2. The van der Waals surface area contributed by atoms with Gasteiger partial charge < -0.3 is 10.4 Å². The maximum absolute atomic E-state index is 8.68. The predicted octanol–water partition coefficient (Wildman–Crippen LogP) is 0.713. The number of rotatable bonds is 7. The van der Waals surface area contributed by atoms with Gasteiger partial charge in [0.1, 0.15) is 0 Å². The summed E-state index contributed by atoms with van der Waals surface area (Å²) in [4.78, 5) is 0. The highest BCUT2D eigenvalue weighted by atomic mass is 16.2. The molecule has 0 saturated carbocycles. The van der Waals surface area contributed by atoms with E-state index in [2.05, 4.69) is 17.3 Å². The fourth-order valence-electron chi connectivity index (χ4n) is 1.56. The van der Waals surface area contributed by atoms with E-state index in [1.807, 2.05) is 24.1 Å². The van der Waals surface area contributed by atoms with Gasteiger partial charge in [0.25, 0.3) is 0 Å². The summed E-state index contributed by atoms with van der Waals surface area (Å²) in [5.74, 6) is 0. The van der Waals surface area contributed by atoms with Crippen molar-refractivity contribution in [3.8, 4) is 0 Å². The van der Waals surface area contributed by atoms with Gasteiger partial charge in [0.15, 0.2) is 0 Å². The van der Waals surface area contributed by atoms with Gasteiger partial charge in [-0.2, -0.15) is 5.10 Å². The summed E-state index contributed by atoms with van der Waals surface area (Å²) in [6.45, 7) is 3.41. The van der Waals surface area contributed by atoms with Crippen LogP contribution in [0.1, 0.15) is 25.3 Å². The molecule has 0 aliphatic heterocycles. The van der Waals surface area contributed by atoms with Crippen LogP contribution in [0.3, 0.4) is 0 Å². The third-order valence-corrected chi connectivity index (χ3v) is 2.46. The van der Waals surface area contributed by atoms with E-state index in [4.69, 9.17) is 5.11 Å². The van der Waals surface area contributed by atoms with E-state index in [1.54, 1.807) is 0 Å². The largest absolute Gasteiger partial charge is 0.396 e. The van der Waals surface area contributed by atoms with Gasteiger partial charge in [-0.1, -0.05) is 0 Å². The van der Waals surface area contributed by atoms with Crippen molar-refractivity contribution in [3.05, 3.63) is 18.0 Å². The third-order valence-electron chi connectivity index (χ3n) is 2.46. The second-order valence-corrected chi connectivity index (χ2v) is 3.99. The van der Waals surface area contributed by atoms with Gasteiger partial charge in [0.2, 0.25) is 0 Å². The van der Waals surface area contributed by atoms with Crippen molar-refractivity contribution in [3.63, 3.8) is 0 Å². The maximum Gasteiger partial charge on any atom is 0.0522 e. The van der Waals surface area contributed by atoms with Crippen molar-refractivity contribution in [2.45, 2.75) is 32.2 Å². The van der Waals surface area contributed by atoms with Crippen LogP contribution in [0.2, 0.25) is 0 Å². The predicted molar refractivity (Wildman–Crippen MR) is 60.7 cm³/mol. The van der Waals surface area contributed by atoms with Crippen molar-refractivity contribution in [2.75, 3.05) is 13.2 Å². The number of hydrogen-bond donors (Lipinski definition) is 2. The van der Waals surface area contributed by atoms with E-state index < -0.39 is 0 Å². The van der Waals surface area contributed by atoms with Gasteiger partial charge >= 0.3 is 0 Å². The van der Waals surface area contributed by atoms with Crippen molar-refractivity contribution < 1.29 is 5.11 Å². The zero-order valence-electron chi connectivity index (χ0n) is 9.61. The fourth-order valence-corrected chi connectivity index (χ4v) is 1.56. The van der Waals surface area contributed by atoms with E-state index in [-0.39, 0.29) is 6.61 Å². The molecule has 0 aliphatic carbocycles. The molecular formula is C11H21N3O. The van der Waals surface area contributed by atoms with E-state index in [9.17, 15) is 0 Å². The van der Waals surface area contributed by atoms with Crippen LogP contribution in [-0.4, -0.2) is 34.1 Å². The van der Waals surface area contributed by atoms with Crippen LogP contribution in [-0.2, 0) is 13.5 Å². The maximum atomic E-state index is 8.68. The highest BCUT2D eigenvalue weighted by molar-refractivity contribution is 5.03. The van der Waals surface area contributed by atoms with Crippen LogP contribution in [0, 0.1) is 0 Å². The minimum atomic E-state index is 0.286. The second-order valence-electron chi connectivity index (χ2n) is 3.99. The summed E-state index contributed by atoms with van der Waals surface area (Å²) < 4.78 is 1.82. The molecule has 1 rings (SSSR count). The minimum absolute atomic E-state index is 0.286. The molecular weight excluding hydrogens is 190 g/mol. The Morgan fingerprint density at radius 3 is 3.00 bits per heavy atom. The molecule has 0 radical (unpaired) electrons. The Hall–Kier alpha value is -0.870. The molecule has 1 aromatic heterocycles.